The zero-order valence-electron chi connectivity index (χ0n) is 12.9. The first-order valence-corrected chi connectivity index (χ1v) is 9.47. The van der Waals surface area contributed by atoms with Gasteiger partial charge in [0.2, 0.25) is 5.72 Å². The van der Waals surface area contributed by atoms with Crippen molar-refractivity contribution in [2.24, 2.45) is 4.99 Å². The van der Waals surface area contributed by atoms with Gasteiger partial charge < -0.3 is 4.74 Å². The average molecular weight is 354 g/mol. The van der Waals surface area contributed by atoms with Gasteiger partial charge >= 0.3 is 0 Å². The van der Waals surface area contributed by atoms with Gasteiger partial charge in [0.25, 0.3) is 5.56 Å². The first-order valence-electron chi connectivity index (χ1n) is 7.77. The van der Waals surface area contributed by atoms with E-state index in [0.29, 0.717) is 6.42 Å². The molecule has 0 saturated heterocycles. The molecule has 6 heteroatoms. The largest absolute Gasteiger partial charge is 0.466 e. The lowest BCUT2D eigenvalue weighted by Crippen LogP contribution is -2.49. The van der Waals surface area contributed by atoms with Crippen LogP contribution in [0.2, 0.25) is 0 Å². The smallest absolute Gasteiger partial charge is 0.270 e. The summed E-state index contributed by atoms with van der Waals surface area (Å²) in [6.07, 6.45) is 2.64. The van der Waals surface area contributed by atoms with E-state index in [1.54, 1.807) is 11.3 Å². The normalized spacial score (nSPS) is 24.7. The fraction of sp³-hybridized carbons (Fsp3) is 0.222. The van der Waals surface area contributed by atoms with Crippen LogP contribution in [-0.4, -0.2) is 10.3 Å². The highest BCUT2D eigenvalue weighted by Crippen LogP contribution is 2.42. The number of nitrogens with zero attached hydrogens (tertiary/aromatic N) is 2. The third-order valence-corrected chi connectivity index (χ3v) is 6.28. The first kappa shape index (κ1) is 14.2. The minimum Gasteiger partial charge on any atom is -0.466 e. The zero-order valence-corrected chi connectivity index (χ0v) is 14.6. The maximum Gasteiger partial charge on any atom is 0.270 e. The predicted molar refractivity (Wildman–Crippen MR) is 95.5 cm³/mol. The number of thiazole rings is 1. The second-order valence-electron chi connectivity index (χ2n) is 6.23. The van der Waals surface area contributed by atoms with Gasteiger partial charge in [-0.25, -0.2) is 4.99 Å². The second kappa shape index (κ2) is 4.91. The van der Waals surface area contributed by atoms with Gasteiger partial charge in [0.1, 0.15) is 5.75 Å². The van der Waals surface area contributed by atoms with Gasteiger partial charge in [-0.3, -0.25) is 9.36 Å². The standard InChI is InChI=1S/C18H14N2O2S2/c1-18-10-13(12-6-2-3-7-14(12)22-18)20-16(21)15(24-17(20)19-18)9-11-5-4-8-23-11/h2-9,13H,10H2,1H3. The predicted octanol–water partition coefficient (Wildman–Crippen LogP) is 2.52. The number of thiophene rings is 1. The van der Waals surface area contributed by atoms with Crippen LogP contribution in [0.25, 0.3) is 6.08 Å². The van der Waals surface area contributed by atoms with E-state index in [0.717, 1.165) is 25.5 Å². The molecule has 120 valence electrons. The molecule has 3 aromatic rings. The van der Waals surface area contributed by atoms with Crippen molar-refractivity contribution in [3.8, 4) is 5.75 Å². The Balaban J connectivity index is 1.80. The molecule has 0 amide bonds. The number of benzene rings is 1. The van der Waals surface area contributed by atoms with Crippen molar-refractivity contribution in [3.05, 3.63) is 71.9 Å². The molecule has 2 aliphatic rings. The molecule has 0 N–H and O–H groups in total. The van der Waals surface area contributed by atoms with Crippen molar-refractivity contribution in [3.63, 3.8) is 0 Å². The number of fused-ring (bicyclic) bond motifs is 6. The Kier molecular flexibility index (Phi) is 2.90. The molecule has 0 spiro atoms. The molecule has 0 aliphatic carbocycles. The van der Waals surface area contributed by atoms with Crippen molar-refractivity contribution in [1.82, 2.24) is 4.57 Å². The number of aromatic nitrogens is 1. The summed E-state index contributed by atoms with van der Waals surface area (Å²) in [5.41, 5.74) is 0.501. The minimum absolute atomic E-state index is 0.0123. The van der Waals surface area contributed by atoms with Crippen LogP contribution in [0.15, 0.2) is 51.6 Å². The lowest BCUT2D eigenvalue weighted by atomic mass is 9.93. The number of ether oxygens (including phenoxy) is 1. The summed E-state index contributed by atoms with van der Waals surface area (Å²) < 4.78 is 8.69. The van der Waals surface area contributed by atoms with Crippen LogP contribution < -0.4 is 19.6 Å². The molecule has 4 nitrogen and oxygen atoms in total. The van der Waals surface area contributed by atoms with Gasteiger partial charge in [0.15, 0.2) is 4.80 Å². The highest BCUT2D eigenvalue weighted by atomic mass is 32.1. The van der Waals surface area contributed by atoms with Gasteiger partial charge in [0, 0.05) is 16.9 Å². The third kappa shape index (κ3) is 2.03. The molecule has 24 heavy (non-hydrogen) atoms. The summed E-state index contributed by atoms with van der Waals surface area (Å²) in [5.74, 6) is 0.826. The van der Waals surface area contributed by atoms with Crippen LogP contribution >= 0.6 is 22.7 Å². The van der Waals surface area contributed by atoms with E-state index in [1.165, 1.54) is 11.3 Å². The van der Waals surface area contributed by atoms with Crippen LogP contribution in [0.4, 0.5) is 0 Å². The molecule has 2 aromatic heterocycles. The van der Waals surface area contributed by atoms with Crippen LogP contribution in [0.5, 0.6) is 5.75 Å². The average Bonchev–Trinajstić information content (AvgIpc) is 3.16. The van der Waals surface area contributed by atoms with Gasteiger partial charge in [0.05, 0.1) is 10.6 Å². The summed E-state index contributed by atoms with van der Waals surface area (Å²) in [7, 11) is 0. The molecular formula is C18H14N2O2S2. The Morgan fingerprint density at radius 1 is 1.33 bits per heavy atom. The zero-order chi connectivity index (χ0) is 16.3. The summed E-state index contributed by atoms with van der Waals surface area (Å²) in [6.45, 7) is 1.99. The Morgan fingerprint density at radius 3 is 3.04 bits per heavy atom. The van der Waals surface area contributed by atoms with Gasteiger partial charge in [-0.05, 0) is 30.5 Å². The lowest BCUT2D eigenvalue weighted by molar-refractivity contribution is 0.0410. The van der Waals surface area contributed by atoms with E-state index in [2.05, 4.69) is 0 Å². The van der Waals surface area contributed by atoms with E-state index < -0.39 is 5.72 Å². The fourth-order valence-electron chi connectivity index (χ4n) is 3.44. The Morgan fingerprint density at radius 2 is 2.21 bits per heavy atom. The SMILES string of the molecule is CC12CC(c3ccccc3O1)n1c(sc(=Cc3cccs3)c1=O)=N2. The van der Waals surface area contributed by atoms with Crippen molar-refractivity contribution in [2.75, 3.05) is 0 Å². The quantitative estimate of drug-likeness (QED) is 0.674. The number of hydrogen-bond acceptors (Lipinski definition) is 5. The van der Waals surface area contributed by atoms with E-state index in [4.69, 9.17) is 9.73 Å². The summed E-state index contributed by atoms with van der Waals surface area (Å²) in [6, 6.07) is 11.9. The summed E-state index contributed by atoms with van der Waals surface area (Å²) in [5, 5.41) is 2.01. The van der Waals surface area contributed by atoms with Crippen LogP contribution in [0.3, 0.4) is 0 Å². The van der Waals surface area contributed by atoms with E-state index in [1.807, 2.05) is 59.3 Å². The molecule has 2 aliphatic heterocycles. The fourth-order valence-corrected chi connectivity index (χ4v) is 5.29. The topological polar surface area (TPSA) is 43.6 Å². The highest BCUT2D eigenvalue weighted by molar-refractivity contribution is 7.11. The molecule has 0 radical (unpaired) electrons. The molecule has 2 atom stereocenters. The van der Waals surface area contributed by atoms with Gasteiger partial charge in [-0.1, -0.05) is 35.6 Å². The number of para-hydroxylation sites is 1. The Bertz CT molecular complexity index is 1110. The molecule has 2 bridgehead atoms. The van der Waals surface area contributed by atoms with Crippen molar-refractivity contribution < 1.29 is 4.74 Å². The summed E-state index contributed by atoms with van der Waals surface area (Å²) >= 11 is 3.07. The molecule has 1 aromatic carbocycles. The van der Waals surface area contributed by atoms with Crippen molar-refractivity contribution >= 4 is 28.7 Å². The molecule has 0 fully saturated rings. The lowest BCUT2D eigenvalue weighted by Gasteiger charge is -2.39. The summed E-state index contributed by atoms with van der Waals surface area (Å²) in [4.78, 5) is 19.6. The molecule has 5 rings (SSSR count). The van der Waals surface area contributed by atoms with Crippen LogP contribution in [-0.2, 0) is 0 Å². The maximum absolute atomic E-state index is 13.0. The Labute approximate surface area is 146 Å². The van der Waals surface area contributed by atoms with Gasteiger partial charge in [-0.15, -0.1) is 11.3 Å². The van der Waals surface area contributed by atoms with Crippen LogP contribution in [0, 0.1) is 0 Å². The molecule has 2 unspecified atom stereocenters. The Hall–Kier alpha value is -2.18. The van der Waals surface area contributed by atoms with E-state index >= 15 is 0 Å². The number of hydrogen-bond donors (Lipinski definition) is 0. The van der Waals surface area contributed by atoms with Gasteiger partial charge in [-0.2, -0.15) is 0 Å². The first-order chi connectivity index (χ1) is 11.6. The maximum atomic E-state index is 13.0. The highest BCUT2D eigenvalue weighted by Gasteiger charge is 2.42. The second-order valence-corrected chi connectivity index (χ2v) is 8.22. The minimum atomic E-state index is -0.601. The molecule has 4 heterocycles. The number of rotatable bonds is 1. The third-order valence-electron chi connectivity index (χ3n) is 4.48. The molecular weight excluding hydrogens is 340 g/mol. The van der Waals surface area contributed by atoms with Crippen LogP contribution in [0.1, 0.15) is 29.8 Å². The van der Waals surface area contributed by atoms with E-state index in [-0.39, 0.29) is 11.6 Å². The van der Waals surface area contributed by atoms with Crippen molar-refractivity contribution in [1.29, 1.82) is 0 Å². The van der Waals surface area contributed by atoms with E-state index in [9.17, 15) is 4.79 Å². The molecule has 0 saturated carbocycles. The van der Waals surface area contributed by atoms with Crippen molar-refractivity contribution in [2.45, 2.75) is 25.1 Å². The monoisotopic (exact) mass is 354 g/mol.